The summed E-state index contributed by atoms with van der Waals surface area (Å²) < 4.78 is 1.88. The predicted molar refractivity (Wildman–Crippen MR) is 75.8 cm³/mol. The molecule has 0 fully saturated rings. The molecule has 6 heteroatoms. The van der Waals surface area contributed by atoms with Crippen LogP contribution in [-0.2, 0) is 6.54 Å². The summed E-state index contributed by atoms with van der Waals surface area (Å²) in [6, 6.07) is 0.116. The molecule has 0 saturated carbocycles. The van der Waals surface area contributed by atoms with Gasteiger partial charge in [-0.2, -0.15) is 5.10 Å². The summed E-state index contributed by atoms with van der Waals surface area (Å²) in [4.78, 5) is 11.9. The van der Waals surface area contributed by atoms with E-state index in [1.807, 2.05) is 6.92 Å². The summed E-state index contributed by atoms with van der Waals surface area (Å²) in [6.45, 7) is 6.68. The van der Waals surface area contributed by atoms with Gasteiger partial charge in [0.25, 0.3) is 5.56 Å². The number of aromatic nitrogens is 2. The molecule has 18 heavy (non-hydrogen) atoms. The highest BCUT2D eigenvalue weighted by atomic mass is 79.9. The van der Waals surface area contributed by atoms with E-state index in [0.717, 1.165) is 0 Å². The average Bonchev–Trinajstić information content (AvgIpc) is 2.34. The molecule has 0 radical (unpaired) electrons. The van der Waals surface area contributed by atoms with E-state index in [-0.39, 0.29) is 18.2 Å². The van der Waals surface area contributed by atoms with Crippen molar-refractivity contribution in [1.82, 2.24) is 9.78 Å². The molecule has 1 rings (SSSR count). The van der Waals surface area contributed by atoms with Crippen LogP contribution in [0, 0.1) is 5.92 Å². The molecule has 1 aromatic rings. The number of aliphatic hydroxyl groups excluding tert-OH is 1. The molecule has 0 aliphatic rings. The van der Waals surface area contributed by atoms with Crippen molar-refractivity contribution in [1.29, 1.82) is 0 Å². The third-order valence-corrected chi connectivity index (χ3v) is 3.64. The first-order valence-corrected chi connectivity index (χ1v) is 6.93. The Labute approximate surface area is 115 Å². The quantitative estimate of drug-likeness (QED) is 0.840. The summed E-state index contributed by atoms with van der Waals surface area (Å²) in [6.07, 6.45) is 2.28. The maximum Gasteiger partial charge on any atom is 0.283 e. The predicted octanol–water partition coefficient (Wildman–Crippen LogP) is 1.84. The molecule has 0 spiro atoms. The van der Waals surface area contributed by atoms with Crippen LogP contribution in [0.25, 0.3) is 0 Å². The number of aliphatic hydroxyl groups is 1. The Kier molecular flexibility index (Phi) is 5.81. The number of rotatable bonds is 6. The number of hydrogen-bond acceptors (Lipinski definition) is 4. The fourth-order valence-electron chi connectivity index (χ4n) is 1.70. The van der Waals surface area contributed by atoms with Gasteiger partial charge in [0.1, 0.15) is 4.47 Å². The average molecular weight is 318 g/mol. The highest BCUT2D eigenvalue weighted by Gasteiger charge is 2.16. The van der Waals surface area contributed by atoms with Crippen molar-refractivity contribution in [3.05, 3.63) is 21.0 Å². The van der Waals surface area contributed by atoms with Crippen molar-refractivity contribution in [3.8, 4) is 0 Å². The van der Waals surface area contributed by atoms with Crippen molar-refractivity contribution >= 4 is 21.6 Å². The molecule has 2 N–H and O–H groups in total. The van der Waals surface area contributed by atoms with E-state index in [1.165, 1.54) is 4.68 Å². The summed E-state index contributed by atoms with van der Waals surface area (Å²) in [5.74, 6) is 0.359. The smallest absolute Gasteiger partial charge is 0.283 e. The van der Waals surface area contributed by atoms with E-state index in [2.05, 4.69) is 40.2 Å². The van der Waals surface area contributed by atoms with Crippen molar-refractivity contribution in [2.45, 2.75) is 39.8 Å². The van der Waals surface area contributed by atoms with Crippen LogP contribution < -0.4 is 10.9 Å². The molecule has 0 aromatic carbocycles. The van der Waals surface area contributed by atoms with Crippen molar-refractivity contribution in [2.24, 2.45) is 5.92 Å². The molecule has 0 saturated heterocycles. The molecule has 0 bridgehead atoms. The minimum atomic E-state index is -0.144. The second kappa shape index (κ2) is 6.89. The van der Waals surface area contributed by atoms with Crippen LogP contribution in [0.3, 0.4) is 0 Å². The lowest BCUT2D eigenvalue weighted by atomic mass is 10.0. The van der Waals surface area contributed by atoms with E-state index in [9.17, 15) is 4.79 Å². The van der Waals surface area contributed by atoms with Gasteiger partial charge in [-0.3, -0.25) is 4.79 Å². The Morgan fingerprint density at radius 3 is 2.72 bits per heavy atom. The van der Waals surface area contributed by atoms with Gasteiger partial charge in [-0.1, -0.05) is 13.8 Å². The Morgan fingerprint density at radius 2 is 2.22 bits per heavy atom. The Balaban J connectivity index is 2.97. The van der Waals surface area contributed by atoms with Gasteiger partial charge in [-0.25, -0.2) is 4.68 Å². The van der Waals surface area contributed by atoms with Crippen molar-refractivity contribution < 1.29 is 5.11 Å². The maximum atomic E-state index is 11.9. The van der Waals surface area contributed by atoms with Gasteiger partial charge >= 0.3 is 0 Å². The molecule has 1 unspecified atom stereocenters. The largest absolute Gasteiger partial charge is 0.396 e. The monoisotopic (exact) mass is 317 g/mol. The maximum absolute atomic E-state index is 11.9. The van der Waals surface area contributed by atoms with E-state index >= 15 is 0 Å². The first kappa shape index (κ1) is 15.2. The van der Waals surface area contributed by atoms with Crippen molar-refractivity contribution in [3.63, 3.8) is 0 Å². The van der Waals surface area contributed by atoms with Gasteiger partial charge in [-0.15, -0.1) is 0 Å². The lowest BCUT2D eigenvalue weighted by molar-refractivity contribution is 0.267. The minimum Gasteiger partial charge on any atom is -0.396 e. The third-order valence-electron chi connectivity index (χ3n) is 2.87. The summed E-state index contributed by atoms with van der Waals surface area (Å²) in [5.41, 5.74) is 0.533. The summed E-state index contributed by atoms with van der Waals surface area (Å²) >= 11 is 3.30. The number of nitrogens with zero attached hydrogens (tertiary/aromatic N) is 2. The highest BCUT2D eigenvalue weighted by molar-refractivity contribution is 9.10. The van der Waals surface area contributed by atoms with Gasteiger partial charge in [0, 0.05) is 19.2 Å². The van der Waals surface area contributed by atoms with Crippen LogP contribution in [0.1, 0.15) is 27.2 Å². The minimum absolute atomic E-state index is 0.116. The second-order valence-corrected chi connectivity index (χ2v) is 5.29. The van der Waals surface area contributed by atoms with Gasteiger partial charge < -0.3 is 10.4 Å². The standard InChI is InChI=1S/C12H20BrN3O2/c1-4-16-12(18)11(13)10(7-14-16)15-9(5-6-17)8(2)3/h7-9,15,17H,4-6H2,1-3H3. The fourth-order valence-corrected chi connectivity index (χ4v) is 2.12. The lowest BCUT2D eigenvalue weighted by Gasteiger charge is -2.23. The number of nitrogens with one attached hydrogen (secondary N) is 1. The zero-order chi connectivity index (χ0) is 13.7. The fraction of sp³-hybridized carbons (Fsp3) is 0.667. The molecular formula is C12H20BrN3O2. The van der Waals surface area contributed by atoms with Gasteiger partial charge in [0.15, 0.2) is 0 Å². The molecular weight excluding hydrogens is 298 g/mol. The molecule has 0 aliphatic heterocycles. The summed E-state index contributed by atoms with van der Waals surface area (Å²) in [7, 11) is 0. The Bertz CT molecular complexity index is 445. The zero-order valence-electron chi connectivity index (χ0n) is 11.0. The Hall–Kier alpha value is -0.880. The van der Waals surface area contributed by atoms with Crippen LogP contribution in [-0.4, -0.2) is 27.5 Å². The molecule has 0 amide bonds. The van der Waals surface area contributed by atoms with E-state index < -0.39 is 0 Å². The second-order valence-electron chi connectivity index (χ2n) is 4.50. The number of halogens is 1. The third kappa shape index (κ3) is 3.55. The molecule has 1 heterocycles. The number of aryl methyl sites for hydroxylation is 1. The molecule has 1 atom stereocenters. The first-order chi connectivity index (χ1) is 8.51. The lowest BCUT2D eigenvalue weighted by Crippen LogP contribution is -2.30. The van der Waals surface area contributed by atoms with Gasteiger partial charge in [0.2, 0.25) is 0 Å². The Morgan fingerprint density at radius 1 is 1.56 bits per heavy atom. The van der Waals surface area contributed by atoms with Crippen LogP contribution in [0.15, 0.2) is 15.5 Å². The zero-order valence-corrected chi connectivity index (χ0v) is 12.6. The highest BCUT2D eigenvalue weighted by Crippen LogP contribution is 2.20. The molecule has 1 aromatic heterocycles. The SMILES string of the molecule is CCn1ncc(NC(CCO)C(C)C)c(Br)c1=O. The van der Waals surface area contributed by atoms with E-state index in [1.54, 1.807) is 6.20 Å². The van der Waals surface area contributed by atoms with Gasteiger partial charge in [0.05, 0.1) is 11.9 Å². The molecule has 102 valence electrons. The molecule has 0 aliphatic carbocycles. The van der Waals surface area contributed by atoms with Crippen LogP contribution in [0.5, 0.6) is 0 Å². The van der Waals surface area contributed by atoms with Crippen LogP contribution in [0.2, 0.25) is 0 Å². The van der Waals surface area contributed by atoms with E-state index in [0.29, 0.717) is 29.0 Å². The number of hydrogen-bond donors (Lipinski definition) is 2. The van der Waals surface area contributed by atoms with Gasteiger partial charge in [-0.05, 0) is 35.2 Å². The normalized spacial score (nSPS) is 12.8. The van der Waals surface area contributed by atoms with Crippen molar-refractivity contribution in [2.75, 3.05) is 11.9 Å². The first-order valence-electron chi connectivity index (χ1n) is 6.14. The van der Waals surface area contributed by atoms with E-state index in [4.69, 9.17) is 5.11 Å². The van der Waals surface area contributed by atoms with Crippen LogP contribution in [0.4, 0.5) is 5.69 Å². The topological polar surface area (TPSA) is 67.2 Å². The summed E-state index contributed by atoms with van der Waals surface area (Å²) in [5, 5.41) is 16.4. The van der Waals surface area contributed by atoms with Crippen LogP contribution >= 0.6 is 15.9 Å². The molecule has 5 nitrogen and oxygen atoms in total. The number of anilines is 1.